The normalized spacial score (nSPS) is 13.5. The fourth-order valence-electron chi connectivity index (χ4n) is 2.34. The molecule has 0 radical (unpaired) electrons. The maximum absolute atomic E-state index is 12.4. The fraction of sp³-hybridized carbons (Fsp3) is 0.0714. The van der Waals surface area contributed by atoms with Crippen molar-refractivity contribution < 1.29 is 19.5 Å². The first-order chi connectivity index (χ1) is 10.0. The second-order valence-corrected chi connectivity index (χ2v) is 4.50. The summed E-state index contributed by atoms with van der Waals surface area (Å²) in [6, 6.07) is 7.27. The van der Waals surface area contributed by atoms with Crippen LogP contribution in [0.5, 0.6) is 5.75 Å². The van der Waals surface area contributed by atoms with Gasteiger partial charge in [0.05, 0.1) is 11.1 Å². The van der Waals surface area contributed by atoms with E-state index in [1.165, 1.54) is 13.1 Å². The number of nitrogens with zero attached hydrogens (tertiary/aromatic N) is 1. The summed E-state index contributed by atoms with van der Waals surface area (Å²) in [6.45, 7) is 0. The second kappa shape index (κ2) is 4.48. The Kier molecular flexibility index (Phi) is 2.76. The van der Waals surface area contributed by atoms with Gasteiger partial charge in [-0.2, -0.15) is 5.01 Å². The summed E-state index contributed by atoms with van der Waals surface area (Å²) in [5, 5.41) is 13.8. The Hall–Kier alpha value is -3.09. The van der Waals surface area contributed by atoms with Gasteiger partial charge in [0.2, 0.25) is 0 Å². The minimum Gasteiger partial charge on any atom is -0.507 e. The number of imide groups is 1. The maximum atomic E-state index is 12.4. The van der Waals surface area contributed by atoms with Gasteiger partial charge in [-0.1, -0.05) is 24.3 Å². The number of nitrogens with one attached hydrogen (secondary N) is 2. The van der Waals surface area contributed by atoms with Gasteiger partial charge >= 0.3 is 6.03 Å². The number of fused-ring (bicyclic) bond motifs is 3. The van der Waals surface area contributed by atoms with E-state index in [9.17, 15) is 19.5 Å². The summed E-state index contributed by atoms with van der Waals surface area (Å²) in [5.74, 6) is -1.40. The number of aromatic hydroxyl groups is 1. The molecule has 0 fully saturated rings. The van der Waals surface area contributed by atoms with Crippen molar-refractivity contribution in [2.24, 2.45) is 0 Å². The number of hydrogen-bond donors (Lipinski definition) is 3. The van der Waals surface area contributed by atoms with E-state index in [1.54, 1.807) is 24.3 Å². The smallest absolute Gasteiger partial charge is 0.333 e. The SMILES string of the molecule is CNC(=O)NN1C(=O)c2cc(O)c3ccccc3c2C1=O. The zero-order valence-electron chi connectivity index (χ0n) is 11.0. The van der Waals surface area contributed by atoms with Crippen LogP contribution in [0.3, 0.4) is 0 Å². The highest BCUT2D eigenvalue weighted by Gasteiger charge is 2.39. The zero-order valence-corrected chi connectivity index (χ0v) is 11.0. The van der Waals surface area contributed by atoms with Crippen LogP contribution in [-0.2, 0) is 0 Å². The molecule has 0 saturated heterocycles. The molecule has 0 bridgehead atoms. The number of carbonyl (C=O) groups is 3. The molecule has 3 N–H and O–H groups in total. The van der Waals surface area contributed by atoms with E-state index in [4.69, 9.17) is 0 Å². The Morgan fingerprint density at radius 1 is 1.14 bits per heavy atom. The summed E-state index contributed by atoms with van der Waals surface area (Å²) in [4.78, 5) is 35.9. The molecule has 0 spiro atoms. The van der Waals surface area contributed by atoms with Crippen LogP contribution in [0.25, 0.3) is 10.8 Å². The van der Waals surface area contributed by atoms with Crippen molar-refractivity contribution >= 4 is 28.6 Å². The summed E-state index contributed by atoms with van der Waals surface area (Å²) >= 11 is 0. The number of hydrazine groups is 1. The Morgan fingerprint density at radius 2 is 1.81 bits per heavy atom. The van der Waals surface area contributed by atoms with E-state index in [1.807, 2.05) is 0 Å². The van der Waals surface area contributed by atoms with Gasteiger partial charge in [-0.15, -0.1) is 0 Å². The van der Waals surface area contributed by atoms with Gasteiger partial charge in [-0.05, 0) is 11.5 Å². The molecule has 1 heterocycles. The lowest BCUT2D eigenvalue weighted by Gasteiger charge is -2.14. The van der Waals surface area contributed by atoms with Crippen LogP contribution in [0.2, 0.25) is 0 Å². The number of phenolic OH excluding ortho intramolecular Hbond substituents is 1. The number of rotatable bonds is 1. The van der Waals surface area contributed by atoms with Gasteiger partial charge in [0.25, 0.3) is 11.8 Å². The van der Waals surface area contributed by atoms with E-state index < -0.39 is 17.8 Å². The molecule has 7 nitrogen and oxygen atoms in total. The number of hydrogen-bond acceptors (Lipinski definition) is 4. The highest BCUT2D eigenvalue weighted by molar-refractivity contribution is 6.27. The largest absolute Gasteiger partial charge is 0.507 e. The van der Waals surface area contributed by atoms with Crippen LogP contribution >= 0.6 is 0 Å². The predicted octanol–water partition coefficient (Wildman–Crippen LogP) is 0.985. The number of amides is 4. The Morgan fingerprint density at radius 3 is 2.48 bits per heavy atom. The first kappa shape index (κ1) is 12.9. The average molecular weight is 285 g/mol. The molecular weight excluding hydrogens is 274 g/mol. The molecular formula is C14H11N3O4. The van der Waals surface area contributed by atoms with Gasteiger partial charge in [-0.3, -0.25) is 9.59 Å². The van der Waals surface area contributed by atoms with Crippen LogP contribution in [0.15, 0.2) is 30.3 Å². The summed E-state index contributed by atoms with van der Waals surface area (Å²) in [7, 11) is 1.37. The first-order valence-electron chi connectivity index (χ1n) is 6.16. The van der Waals surface area contributed by atoms with E-state index in [-0.39, 0.29) is 16.9 Å². The van der Waals surface area contributed by atoms with Crippen molar-refractivity contribution in [2.75, 3.05) is 7.05 Å². The highest BCUT2D eigenvalue weighted by Crippen LogP contribution is 2.35. The van der Waals surface area contributed by atoms with Gasteiger partial charge in [0.15, 0.2) is 0 Å². The van der Waals surface area contributed by atoms with E-state index in [0.29, 0.717) is 15.8 Å². The van der Waals surface area contributed by atoms with Crippen molar-refractivity contribution in [1.29, 1.82) is 0 Å². The monoisotopic (exact) mass is 285 g/mol. The average Bonchev–Trinajstić information content (AvgIpc) is 2.72. The van der Waals surface area contributed by atoms with Gasteiger partial charge < -0.3 is 10.4 Å². The van der Waals surface area contributed by atoms with Crippen LogP contribution in [0.4, 0.5) is 4.79 Å². The van der Waals surface area contributed by atoms with Gasteiger partial charge in [-0.25, -0.2) is 10.2 Å². The molecule has 2 aromatic carbocycles. The third-order valence-corrected chi connectivity index (χ3v) is 3.31. The highest BCUT2D eigenvalue weighted by atomic mass is 16.3. The van der Waals surface area contributed by atoms with Crippen molar-refractivity contribution in [1.82, 2.24) is 15.8 Å². The quantitative estimate of drug-likeness (QED) is 0.680. The summed E-state index contributed by atoms with van der Waals surface area (Å²) in [5.41, 5.74) is 2.40. The molecule has 1 aliphatic rings. The lowest BCUT2D eigenvalue weighted by molar-refractivity contribution is 0.0588. The van der Waals surface area contributed by atoms with Crippen LogP contribution < -0.4 is 10.7 Å². The van der Waals surface area contributed by atoms with Crippen LogP contribution in [-0.4, -0.2) is 35.0 Å². The summed E-state index contributed by atoms with van der Waals surface area (Å²) < 4.78 is 0. The van der Waals surface area contributed by atoms with E-state index in [2.05, 4.69) is 10.7 Å². The number of phenols is 1. The molecule has 106 valence electrons. The molecule has 7 heteroatoms. The molecule has 4 amide bonds. The molecule has 0 aromatic heterocycles. The van der Waals surface area contributed by atoms with Crippen molar-refractivity contribution in [2.45, 2.75) is 0 Å². The zero-order chi connectivity index (χ0) is 15.1. The standard InChI is InChI=1S/C14H11N3O4/c1-15-14(21)16-17-12(19)9-6-10(18)7-4-2-3-5-8(7)11(9)13(17)20/h2-6,18H,1H3,(H2,15,16,21). The minimum absolute atomic E-state index is 0.0626. The molecule has 1 aliphatic heterocycles. The molecule has 0 aliphatic carbocycles. The third kappa shape index (κ3) is 1.78. The Labute approximate surface area is 119 Å². The van der Waals surface area contributed by atoms with Crippen molar-refractivity contribution in [3.05, 3.63) is 41.5 Å². The molecule has 0 unspecified atom stereocenters. The fourth-order valence-corrected chi connectivity index (χ4v) is 2.34. The third-order valence-electron chi connectivity index (χ3n) is 3.31. The molecule has 0 saturated carbocycles. The second-order valence-electron chi connectivity index (χ2n) is 4.50. The minimum atomic E-state index is -0.682. The molecule has 21 heavy (non-hydrogen) atoms. The lowest BCUT2D eigenvalue weighted by Crippen LogP contribution is -2.49. The van der Waals surface area contributed by atoms with E-state index >= 15 is 0 Å². The Bertz CT molecular complexity index is 800. The summed E-state index contributed by atoms with van der Waals surface area (Å²) in [6.07, 6.45) is 0. The first-order valence-corrected chi connectivity index (χ1v) is 6.16. The number of urea groups is 1. The molecule has 3 rings (SSSR count). The maximum Gasteiger partial charge on any atom is 0.333 e. The molecule has 2 aromatic rings. The van der Waals surface area contributed by atoms with Crippen molar-refractivity contribution in [3.63, 3.8) is 0 Å². The topological polar surface area (TPSA) is 98.7 Å². The number of carbonyl (C=O) groups excluding carboxylic acids is 3. The molecule has 0 atom stereocenters. The van der Waals surface area contributed by atoms with Crippen molar-refractivity contribution in [3.8, 4) is 5.75 Å². The van der Waals surface area contributed by atoms with Crippen LogP contribution in [0, 0.1) is 0 Å². The van der Waals surface area contributed by atoms with E-state index in [0.717, 1.165) is 0 Å². The van der Waals surface area contributed by atoms with Crippen LogP contribution in [0.1, 0.15) is 20.7 Å². The van der Waals surface area contributed by atoms with Gasteiger partial charge in [0.1, 0.15) is 5.75 Å². The van der Waals surface area contributed by atoms with Gasteiger partial charge in [0, 0.05) is 12.4 Å². The predicted molar refractivity (Wildman–Crippen MR) is 73.7 cm³/mol. The lowest BCUT2D eigenvalue weighted by atomic mass is 9.99. The Balaban J connectivity index is 2.19. The number of benzene rings is 2.